The molecule has 1 aliphatic heterocycles. The number of fused-ring (bicyclic) bond motifs is 1. The van der Waals surface area contributed by atoms with E-state index in [-0.39, 0.29) is 12.5 Å². The van der Waals surface area contributed by atoms with Crippen molar-refractivity contribution in [1.82, 2.24) is 15.0 Å². The van der Waals surface area contributed by atoms with Crippen LogP contribution in [0.3, 0.4) is 0 Å². The lowest BCUT2D eigenvalue weighted by atomic mass is 10.0. The van der Waals surface area contributed by atoms with E-state index in [2.05, 4.69) is 10.3 Å². The molecule has 1 aliphatic rings. The van der Waals surface area contributed by atoms with Gasteiger partial charge in [-0.1, -0.05) is 5.21 Å². The molecule has 0 fully saturated rings. The summed E-state index contributed by atoms with van der Waals surface area (Å²) in [5.74, 6) is -0.770. The van der Waals surface area contributed by atoms with Gasteiger partial charge in [0.1, 0.15) is 0 Å². The molecule has 0 saturated heterocycles. The smallest absolute Gasteiger partial charge is 0.305 e. The fourth-order valence-corrected chi connectivity index (χ4v) is 1.78. The minimum Gasteiger partial charge on any atom is -0.481 e. The van der Waals surface area contributed by atoms with Gasteiger partial charge in [0.2, 0.25) is 0 Å². The average molecular weight is 181 g/mol. The van der Waals surface area contributed by atoms with Gasteiger partial charge in [-0.2, -0.15) is 0 Å². The first-order valence-electron chi connectivity index (χ1n) is 4.38. The van der Waals surface area contributed by atoms with Gasteiger partial charge in [-0.3, -0.25) is 4.79 Å². The van der Waals surface area contributed by atoms with Crippen LogP contribution >= 0.6 is 0 Å². The van der Waals surface area contributed by atoms with E-state index in [0.29, 0.717) is 0 Å². The summed E-state index contributed by atoms with van der Waals surface area (Å²) >= 11 is 0. The van der Waals surface area contributed by atoms with Crippen LogP contribution < -0.4 is 0 Å². The van der Waals surface area contributed by atoms with Crippen molar-refractivity contribution in [2.45, 2.75) is 31.7 Å². The van der Waals surface area contributed by atoms with Gasteiger partial charge in [-0.15, -0.1) is 5.10 Å². The number of rotatable bonds is 2. The molecule has 13 heavy (non-hydrogen) atoms. The Balaban J connectivity index is 2.20. The molecule has 0 amide bonds. The van der Waals surface area contributed by atoms with Crippen LogP contribution in [0.4, 0.5) is 0 Å². The van der Waals surface area contributed by atoms with Crippen molar-refractivity contribution in [2.75, 3.05) is 0 Å². The fourth-order valence-electron chi connectivity index (χ4n) is 1.78. The van der Waals surface area contributed by atoms with Crippen LogP contribution in [-0.4, -0.2) is 26.1 Å². The number of aliphatic carboxylic acids is 1. The number of hydrogen-bond acceptors (Lipinski definition) is 3. The lowest BCUT2D eigenvalue weighted by Crippen LogP contribution is -2.21. The first-order chi connectivity index (χ1) is 6.27. The van der Waals surface area contributed by atoms with Crippen LogP contribution in [0.5, 0.6) is 0 Å². The molecule has 0 radical (unpaired) electrons. The van der Waals surface area contributed by atoms with Gasteiger partial charge in [0, 0.05) is 0 Å². The first-order valence-corrected chi connectivity index (χ1v) is 4.38. The molecule has 0 aromatic carbocycles. The van der Waals surface area contributed by atoms with Gasteiger partial charge in [0.05, 0.1) is 24.4 Å². The highest BCUT2D eigenvalue weighted by Crippen LogP contribution is 2.25. The molecule has 70 valence electrons. The van der Waals surface area contributed by atoms with Gasteiger partial charge >= 0.3 is 5.97 Å². The van der Waals surface area contributed by atoms with Crippen molar-refractivity contribution in [1.29, 1.82) is 0 Å². The number of carboxylic acid groups (broad SMARTS) is 1. The normalized spacial score (nSPS) is 21.1. The van der Waals surface area contributed by atoms with Gasteiger partial charge < -0.3 is 5.11 Å². The summed E-state index contributed by atoms with van der Waals surface area (Å²) in [4.78, 5) is 10.5. The lowest BCUT2D eigenvalue weighted by Gasteiger charge is -2.21. The summed E-state index contributed by atoms with van der Waals surface area (Å²) in [5, 5.41) is 16.3. The molecule has 2 heterocycles. The first kappa shape index (κ1) is 8.22. The second-order valence-corrected chi connectivity index (χ2v) is 3.31. The van der Waals surface area contributed by atoms with E-state index < -0.39 is 5.97 Å². The molecule has 1 aromatic heterocycles. The van der Waals surface area contributed by atoms with Crippen molar-refractivity contribution < 1.29 is 9.90 Å². The van der Waals surface area contributed by atoms with E-state index in [1.807, 2.05) is 0 Å². The monoisotopic (exact) mass is 181 g/mol. The third kappa shape index (κ3) is 1.54. The summed E-state index contributed by atoms with van der Waals surface area (Å²) in [7, 11) is 0. The van der Waals surface area contributed by atoms with E-state index in [0.717, 1.165) is 25.0 Å². The maximum atomic E-state index is 10.5. The minimum atomic E-state index is -0.770. The van der Waals surface area contributed by atoms with Crippen molar-refractivity contribution in [3.8, 4) is 0 Å². The zero-order valence-corrected chi connectivity index (χ0v) is 7.18. The molecule has 5 heteroatoms. The Hall–Kier alpha value is -1.39. The van der Waals surface area contributed by atoms with Crippen molar-refractivity contribution in [3.63, 3.8) is 0 Å². The predicted octanol–water partition coefficient (Wildman–Crippen LogP) is 0.630. The number of carbonyl (C=O) groups is 1. The highest BCUT2D eigenvalue weighted by Gasteiger charge is 2.22. The Morgan fingerprint density at radius 2 is 2.62 bits per heavy atom. The summed E-state index contributed by atoms with van der Waals surface area (Å²) in [5.41, 5.74) is 1.05. The highest BCUT2D eigenvalue weighted by atomic mass is 16.4. The fraction of sp³-hybridized carbons (Fsp3) is 0.625. The van der Waals surface area contributed by atoms with E-state index in [1.54, 1.807) is 10.9 Å². The van der Waals surface area contributed by atoms with Crippen molar-refractivity contribution >= 4 is 5.97 Å². The third-order valence-corrected chi connectivity index (χ3v) is 2.38. The largest absolute Gasteiger partial charge is 0.481 e. The van der Waals surface area contributed by atoms with Crippen molar-refractivity contribution in [3.05, 3.63) is 11.9 Å². The maximum absolute atomic E-state index is 10.5. The zero-order chi connectivity index (χ0) is 9.26. The second-order valence-electron chi connectivity index (χ2n) is 3.31. The summed E-state index contributed by atoms with van der Waals surface area (Å²) in [6.45, 7) is 0. The molecule has 0 aliphatic carbocycles. The Bertz CT molecular complexity index is 321. The summed E-state index contributed by atoms with van der Waals surface area (Å²) in [6, 6.07) is 0.00347. The molecule has 0 bridgehead atoms. The summed E-state index contributed by atoms with van der Waals surface area (Å²) in [6.07, 6.45) is 4.75. The van der Waals surface area contributed by atoms with E-state index >= 15 is 0 Å². The van der Waals surface area contributed by atoms with E-state index in [9.17, 15) is 4.79 Å². The highest BCUT2D eigenvalue weighted by molar-refractivity contribution is 5.67. The number of hydrogen-bond donors (Lipinski definition) is 1. The third-order valence-electron chi connectivity index (χ3n) is 2.38. The van der Waals surface area contributed by atoms with E-state index in [1.165, 1.54) is 0 Å². The standard InChI is InChI=1S/C8H11N3O2/c12-8(13)4-6-2-1-3-7-5-9-10-11(6)7/h5-6H,1-4H2,(H,12,13). The average Bonchev–Trinajstić information content (AvgIpc) is 2.51. The van der Waals surface area contributed by atoms with Crippen LogP contribution in [0, 0.1) is 0 Å². The second kappa shape index (κ2) is 3.16. The Kier molecular flexibility index (Phi) is 2.00. The van der Waals surface area contributed by atoms with Crippen LogP contribution in [0.25, 0.3) is 0 Å². The van der Waals surface area contributed by atoms with Crippen molar-refractivity contribution in [2.24, 2.45) is 0 Å². The van der Waals surface area contributed by atoms with Gasteiger partial charge in [-0.05, 0) is 19.3 Å². The maximum Gasteiger partial charge on any atom is 0.305 e. The van der Waals surface area contributed by atoms with Crippen LogP contribution in [-0.2, 0) is 11.2 Å². The minimum absolute atomic E-state index is 0.00347. The van der Waals surface area contributed by atoms with Gasteiger partial charge in [0.25, 0.3) is 0 Å². The van der Waals surface area contributed by atoms with Crippen LogP contribution in [0.2, 0.25) is 0 Å². The number of aryl methyl sites for hydroxylation is 1. The molecular formula is C8H11N3O2. The molecule has 1 aromatic rings. The summed E-state index contributed by atoms with van der Waals surface area (Å²) < 4.78 is 1.75. The zero-order valence-electron chi connectivity index (χ0n) is 7.18. The van der Waals surface area contributed by atoms with E-state index in [4.69, 9.17) is 5.11 Å². The van der Waals surface area contributed by atoms with Gasteiger partial charge in [-0.25, -0.2) is 4.68 Å². The molecule has 5 nitrogen and oxygen atoms in total. The number of nitrogens with zero attached hydrogens (tertiary/aromatic N) is 3. The lowest BCUT2D eigenvalue weighted by molar-refractivity contribution is -0.138. The SMILES string of the molecule is O=C(O)CC1CCCc2cnnn21. The molecule has 2 rings (SSSR count). The molecule has 0 saturated carbocycles. The molecule has 0 spiro atoms. The Morgan fingerprint density at radius 1 is 1.77 bits per heavy atom. The predicted molar refractivity (Wildman–Crippen MR) is 44.2 cm³/mol. The van der Waals surface area contributed by atoms with Gasteiger partial charge in [0.15, 0.2) is 0 Å². The number of carboxylic acids is 1. The quantitative estimate of drug-likeness (QED) is 0.726. The molecule has 1 unspecified atom stereocenters. The topological polar surface area (TPSA) is 68.0 Å². The molecular weight excluding hydrogens is 170 g/mol. The Morgan fingerprint density at radius 3 is 3.38 bits per heavy atom. The molecule has 1 atom stereocenters. The Labute approximate surface area is 75.4 Å². The van der Waals surface area contributed by atoms with Crippen LogP contribution in [0.15, 0.2) is 6.20 Å². The molecule has 1 N–H and O–H groups in total. The number of aromatic nitrogens is 3. The van der Waals surface area contributed by atoms with Crippen LogP contribution in [0.1, 0.15) is 31.0 Å².